The highest BCUT2D eigenvalue weighted by molar-refractivity contribution is 6.04. The Kier molecular flexibility index (Phi) is 5.57. The minimum Gasteiger partial charge on any atom is -0.489 e. The van der Waals surface area contributed by atoms with Gasteiger partial charge < -0.3 is 9.15 Å². The zero-order valence-electron chi connectivity index (χ0n) is 15.5. The van der Waals surface area contributed by atoms with E-state index >= 15 is 0 Å². The number of benzene rings is 2. The Hall–Kier alpha value is -2.81. The van der Waals surface area contributed by atoms with Crippen LogP contribution in [0.2, 0.25) is 0 Å². The van der Waals surface area contributed by atoms with E-state index in [9.17, 15) is 4.79 Å². The Balaban J connectivity index is 1.75. The van der Waals surface area contributed by atoms with Crippen LogP contribution in [0, 0.1) is 0 Å². The van der Waals surface area contributed by atoms with Crippen LogP contribution in [-0.2, 0) is 0 Å². The third-order valence-electron chi connectivity index (χ3n) is 4.37. The molecule has 0 radical (unpaired) electrons. The molecule has 26 heavy (non-hydrogen) atoms. The average Bonchev–Trinajstić information content (AvgIpc) is 2.61. The van der Waals surface area contributed by atoms with E-state index in [0.29, 0.717) is 23.3 Å². The molecule has 0 unspecified atom stereocenters. The molecular weight excluding hydrogens is 324 g/mol. The predicted octanol–water partition coefficient (Wildman–Crippen LogP) is 6.02. The zero-order valence-corrected chi connectivity index (χ0v) is 15.5. The molecule has 0 saturated heterocycles. The van der Waals surface area contributed by atoms with Gasteiger partial charge in [0.15, 0.2) is 0 Å². The average molecular weight is 348 g/mol. The Morgan fingerprint density at radius 2 is 1.77 bits per heavy atom. The zero-order chi connectivity index (χ0) is 18.5. The maximum Gasteiger partial charge on any atom is 0.344 e. The highest BCUT2D eigenvalue weighted by Gasteiger charge is 2.07. The van der Waals surface area contributed by atoms with E-state index in [-0.39, 0.29) is 5.63 Å². The molecule has 0 amide bonds. The van der Waals surface area contributed by atoms with Crippen LogP contribution in [0.4, 0.5) is 0 Å². The van der Waals surface area contributed by atoms with E-state index in [4.69, 9.17) is 9.15 Å². The first-order valence-electron chi connectivity index (χ1n) is 8.92. The molecule has 134 valence electrons. The van der Waals surface area contributed by atoms with Gasteiger partial charge in [-0.05, 0) is 63.3 Å². The summed E-state index contributed by atoms with van der Waals surface area (Å²) in [6.07, 6.45) is 6.43. The highest BCUT2D eigenvalue weighted by Crippen LogP contribution is 2.26. The second-order valence-corrected chi connectivity index (χ2v) is 6.77. The van der Waals surface area contributed by atoms with E-state index in [0.717, 1.165) is 23.6 Å². The van der Waals surface area contributed by atoms with Crippen LogP contribution in [0.5, 0.6) is 5.75 Å². The third-order valence-corrected chi connectivity index (χ3v) is 4.37. The van der Waals surface area contributed by atoms with Gasteiger partial charge in [-0.15, -0.1) is 0 Å². The normalized spacial score (nSPS) is 11.7. The lowest BCUT2D eigenvalue weighted by Crippen LogP contribution is -2.00. The van der Waals surface area contributed by atoms with Crippen molar-refractivity contribution in [2.75, 3.05) is 6.61 Å². The van der Waals surface area contributed by atoms with Crippen molar-refractivity contribution in [1.82, 2.24) is 0 Å². The molecule has 3 heteroatoms. The van der Waals surface area contributed by atoms with Crippen LogP contribution in [0.1, 0.15) is 33.6 Å². The Bertz CT molecular complexity index is 1030. The Morgan fingerprint density at radius 3 is 2.54 bits per heavy atom. The van der Waals surface area contributed by atoms with Gasteiger partial charge in [0.1, 0.15) is 17.9 Å². The van der Waals surface area contributed by atoms with Gasteiger partial charge in [0.05, 0.1) is 5.39 Å². The van der Waals surface area contributed by atoms with Gasteiger partial charge in [-0.2, -0.15) is 0 Å². The van der Waals surface area contributed by atoms with Crippen molar-refractivity contribution >= 4 is 21.7 Å². The summed E-state index contributed by atoms with van der Waals surface area (Å²) in [6.45, 7) is 6.85. The molecular formula is C23H24O3. The van der Waals surface area contributed by atoms with E-state index < -0.39 is 0 Å². The monoisotopic (exact) mass is 348 g/mol. The molecule has 0 bridgehead atoms. The summed E-state index contributed by atoms with van der Waals surface area (Å²) in [5.74, 6) is 0.698. The van der Waals surface area contributed by atoms with Crippen LogP contribution >= 0.6 is 0 Å². The fraction of sp³-hybridized carbons (Fsp3) is 0.261. The first kappa shape index (κ1) is 18.0. The minimum absolute atomic E-state index is 0.319. The third kappa shape index (κ3) is 4.23. The largest absolute Gasteiger partial charge is 0.489 e. The molecule has 3 aromatic rings. The van der Waals surface area contributed by atoms with Gasteiger partial charge in [0, 0.05) is 11.5 Å². The quantitative estimate of drug-likeness (QED) is 0.311. The Morgan fingerprint density at radius 1 is 1.00 bits per heavy atom. The van der Waals surface area contributed by atoms with Gasteiger partial charge in [0.25, 0.3) is 0 Å². The maximum absolute atomic E-state index is 12.1. The minimum atomic E-state index is -0.319. The summed E-state index contributed by atoms with van der Waals surface area (Å²) in [5, 5.41) is 2.42. The van der Waals surface area contributed by atoms with Gasteiger partial charge in [0.2, 0.25) is 0 Å². The van der Waals surface area contributed by atoms with Gasteiger partial charge in [-0.3, -0.25) is 0 Å². The molecule has 0 N–H and O–H groups in total. The number of fused-ring (bicyclic) bond motifs is 3. The van der Waals surface area contributed by atoms with E-state index in [2.05, 4.69) is 32.9 Å². The standard InChI is InChI=1S/C23H24O3/c1-16(2)7-6-8-17(3)13-14-25-18-11-12-20-19-9-4-5-10-21(19)23(24)26-22(20)15-18/h4-5,7,9-13,15H,6,8,14H2,1-3H3. The summed E-state index contributed by atoms with van der Waals surface area (Å²) >= 11 is 0. The van der Waals surface area contributed by atoms with Crippen molar-refractivity contribution < 1.29 is 9.15 Å². The molecule has 3 rings (SSSR count). The molecule has 0 aliphatic rings. The van der Waals surface area contributed by atoms with E-state index in [1.54, 1.807) is 12.1 Å². The molecule has 2 aromatic carbocycles. The van der Waals surface area contributed by atoms with Gasteiger partial charge >= 0.3 is 5.63 Å². The van der Waals surface area contributed by atoms with Crippen molar-refractivity contribution in [3.63, 3.8) is 0 Å². The van der Waals surface area contributed by atoms with Crippen molar-refractivity contribution in [1.29, 1.82) is 0 Å². The first-order chi connectivity index (χ1) is 12.5. The first-order valence-corrected chi connectivity index (χ1v) is 8.92. The molecule has 3 nitrogen and oxygen atoms in total. The van der Waals surface area contributed by atoms with Crippen molar-refractivity contribution in [2.45, 2.75) is 33.6 Å². The number of rotatable bonds is 6. The summed E-state index contributed by atoms with van der Waals surface area (Å²) in [7, 11) is 0. The second-order valence-electron chi connectivity index (χ2n) is 6.77. The summed E-state index contributed by atoms with van der Waals surface area (Å²) in [4.78, 5) is 12.1. The van der Waals surface area contributed by atoms with Crippen LogP contribution in [0.15, 0.2) is 75.0 Å². The van der Waals surface area contributed by atoms with Crippen LogP contribution < -0.4 is 10.4 Å². The van der Waals surface area contributed by atoms with Gasteiger partial charge in [-0.1, -0.05) is 35.4 Å². The lowest BCUT2D eigenvalue weighted by molar-refractivity contribution is 0.361. The molecule has 0 saturated carbocycles. The lowest BCUT2D eigenvalue weighted by atomic mass is 10.1. The number of ether oxygens (including phenoxy) is 1. The molecule has 1 heterocycles. The van der Waals surface area contributed by atoms with Crippen LogP contribution in [0.25, 0.3) is 21.7 Å². The number of hydrogen-bond donors (Lipinski definition) is 0. The van der Waals surface area contributed by atoms with Crippen LogP contribution in [-0.4, -0.2) is 6.61 Å². The SMILES string of the molecule is CC(C)=CCCC(C)=CCOc1ccc2c(c1)oc(=O)c1ccccc12. The lowest BCUT2D eigenvalue weighted by Gasteiger charge is -2.07. The number of hydrogen-bond acceptors (Lipinski definition) is 3. The van der Waals surface area contributed by atoms with E-state index in [1.807, 2.05) is 30.3 Å². The molecule has 0 fully saturated rings. The molecule has 0 aliphatic heterocycles. The fourth-order valence-corrected chi connectivity index (χ4v) is 2.92. The van der Waals surface area contributed by atoms with Crippen molar-refractivity contribution in [3.05, 3.63) is 76.2 Å². The smallest absolute Gasteiger partial charge is 0.344 e. The molecule has 1 aromatic heterocycles. The van der Waals surface area contributed by atoms with Crippen molar-refractivity contribution in [3.8, 4) is 5.75 Å². The van der Waals surface area contributed by atoms with Crippen molar-refractivity contribution in [2.24, 2.45) is 0 Å². The topological polar surface area (TPSA) is 39.4 Å². The Labute approximate surface area is 153 Å². The predicted molar refractivity (Wildman–Crippen MR) is 108 cm³/mol. The highest BCUT2D eigenvalue weighted by atomic mass is 16.5. The van der Waals surface area contributed by atoms with E-state index in [1.165, 1.54) is 11.1 Å². The van der Waals surface area contributed by atoms with Gasteiger partial charge in [-0.25, -0.2) is 4.79 Å². The molecule has 0 atom stereocenters. The molecule has 0 aliphatic carbocycles. The summed E-state index contributed by atoms with van der Waals surface area (Å²) < 4.78 is 11.3. The molecule has 0 spiro atoms. The summed E-state index contributed by atoms with van der Waals surface area (Å²) in [6, 6.07) is 13.1. The summed E-state index contributed by atoms with van der Waals surface area (Å²) in [5.41, 5.74) is 2.88. The van der Waals surface area contributed by atoms with Crippen LogP contribution in [0.3, 0.4) is 0 Å². The second kappa shape index (κ2) is 8.05. The fourth-order valence-electron chi connectivity index (χ4n) is 2.92. The maximum atomic E-state index is 12.1. The number of allylic oxidation sites excluding steroid dienone is 3.